The summed E-state index contributed by atoms with van der Waals surface area (Å²) in [5, 5.41) is 0. The van der Waals surface area contributed by atoms with E-state index in [0.29, 0.717) is 6.04 Å². The van der Waals surface area contributed by atoms with Crippen molar-refractivity contribution >= 4 is 0 Å². The van der Waals surface area contributed by atoms with Gasteiger partial charge in [-0.1, -0.05) is 19.1 Å². The maximum atomic E-state index is 5.86. The Hall–Kier alpha value is -1.06. The van der Waals surface area contributed by atoms with Gasteiger partial charge in [-0.3, -0.25) is 4.90 Å². The van der Waals surface area contributed by atoms with Gasteiger partial charge in [0.15, 0.2) is 0 Å². The van der Waals surface area contributed by atoms with Gasteiger partial charge in [-0.25, -0.2) is 0 Å². The van der Waals surface area contributed by atoms with E-state index in [-0.39, 0.29) is 0 Å². The molecule has 2 atom stereocenters. The van der Waals surface area contributed by atoms with Gasteiger partial charge in [-0.2, -0.15) is 0 Å². The number of rotatable bonds is 5. The molecule has 0 radical (unpaired) electrons. The Bertz CT molecular complexity index is 363. The zero-order valence-corrected chi connectivity index (χ0v) is 11.4. The molecule has 2 N–H and O–H groups in total. The number of methoxy groups -OCH3 is 1. The van der Waals surface area contributed by atoms with Crippen LogP contribution in [0.15, 0.2) is 24.3 Å². The lowest BCUT2D eigenvalue weighted by atomic mass is 10.0. The Labute approximate surface area is 110 Å². The van der Waals surface area contributed by atoms with Crippen LogP contribution < -0.4 is 10.5 Å². The molecule has 3 heteroatoms. The van der Waals surface area contributed by atoms with E-state index in [9.17, 15) is 0 Å². The summed E-state index contributed by atoms with van der Waals surface area (Å²) in [4.78, 5) is 2.54. The highest BCUT2D eigenvalue weighted by Gasteiger charge is 2.29. The summed E-state index contributed by atoms with van der Waals surface area (Å²) in [6.07, 6.45) is 2.37. The second-order valence-corrected chi connectivity index (χ2v) is 5.20. The molecule has 1 heterocycles. The lowest BCUT2D eigenvalue weighted by Gasteiger charge is -2.25. The second kappa shape index (κ2) is 6.21. The van der Waals surface area contributed by atoms with Crippen molar-refractivity contribution in [1.29, 1.82) is 0 Å². The molecule has 1 fully saturated rings. The molecule has 0 bridgehead atoms. The summed E-state index contributed by atoms with van der Waals surface area (Å²) in [6, 6.07) is 8.93. The van der Waals surface area contributed by atoms with Crippen LogP contribution in [0.4, 0.5) is 0 Å². The molecule has 1 aromatic rings. The van der Waals surface area contributed by atoms with Gasteiger partial charge >= 0.3 is 0 Å². The number of hydrogen-bond acceptors (Lipinski definition) is 3. The summed E-state index contributed by atoms with van der Waals surface area (Å²) in [5.41, 5.74) is 7.23. The predicted octanol–water partition coefficient (Wildman–Crippen LogP) is 1.91. The monoisotopic (exact) mass is 248 g/mol. The van der Waals surface area contributed by atoms with Crippen molar-refractivity contribution in [2.75, 3.05) is 26.7 Å². The fourth-order valence-corrected chi connectivity index (χ4v) is 2.81. The molecular weight excluding hydrogens is 224 g/mol. The topological polar surface area (TPSA) is 38.5 Å². The third kappa shape index (κ3) is 3.03. The lowest BCUT2D eigenvalue weighted by molar-refractivity contribution is 0.239. The largest absolute Gasteiger partial charge is 0.497 e. The average molecular weight is 248 g/mol. The van der Waals surface area contributed by atoms with Crippen molar-refractivity contribution in [2.45, 2.75) is 25.8 Å². The quantitative estimate of drug-likeness (QED) is 0.865. The van der Waals surface area contributed by atoms with Crippen LogP contribution >= 0.6 is 0 Å². The van der Waals surface area contributed by atoms with Crippen LogP contribution in [-0.4, -0.2) is 37.7 Å². The Morgan fingerprint density at radius 1 is 1.33 bits per heavy atom. The van der Waals surface area contributed by atoms with E-state index in [1.165, 1.54) is 18.5 Å². The molecule has 1 saturated heterocycles. The maximum Gasteiger partial charge on any atom is 0.118 e. The smallest absolute Gasteiger partial charge is 0.118 e. The molecular formula is C15H24N2O. The molecule has 3 nitrogen and oxygen atoms in total. The van der Waals surface area contributed by atoms with Crippen molar-refractivity contribution in [3.05, 3.63) is 29.8 Å². The highest BCUT2D eigenvalue weighted by atomic mass is 16.5. The fourth-order valence-electron chi connectivity index (χ4n) is 2.81. The number of ether oxygens (including phenoxy) is 1. The number of hydrogen-bond donors (Lipinski definition) is 1. The number of nitrogens with two attached hydrogens (primary N) is 1. The highest BCUT2D eigenvalue weighted by molar-refractivity contribution is 5.27. The van der Waals surface area contributed by atoms with E-state index in [4.69, 9.17) is 10.5 Å². The third-order valence-corrected chi connectivity index (χ3v) is 4.09. The summed E-state index contributed by atoms with van der Waals surface area (Å²) >= 11 is 0. The Morgan fingerprint density at radius 3 is 2.67 bits per heavy atom. The zero-order chi connectivity index (χ0) is 13.0. The summed E-state index contributed by atoms with van der Waals surface area (Å²) < 4.78 is 5.17. The molecule has 18 heavy (non-hydrogen) atoms. The van der Waals surface area contributed by atoms with Crippen molar-refractivity contribution in [3.8, 4) is 5.75 Å². The first-order chi connectivity index (χ1) is 8.74. The minimum atomic E-state index is 0.572. The van der Waals surface area contributed by atoms with Gasteiger partial charge in [0, 0.05) is 19.1 Å². The first-order valence-electron chi connectivity index (χ1n) is 6.81. The van der Waals surface area contributed by atoms with Crippen molar-refractivity contribution in [3.63, 3.8) is 0 Å². The molecule has 0 amide bonds. The van der Waals surface area contributed by atoms with E-state index in [2.05, 4.69) is 24.0 Å². The molecule has 0 spiro atoms. The average Bonchev–Trinajstić information content (AvgIpc) is 2.77. The number of nitrogens with zero attached hydrogens (tertiary/aromatic N) is 1. The second-order valence-electron chi connectivity index (χ2n) is 5.20. The normalized spacial score (nSPS) is 24.4. The van der Waals surface area contributed by atoms with Gasteiger partial charge in [0.05, 0.1) is 7.11 Å². The minimum absolute atomic E-state index is 0.572. The van der Waals surface area contributed by atoms with Gasteiger partial charge in [0.25, 0.3) is 0 Å². The van der Waals surface area contributed by atoms with Gasteiger partial charge in [-0.15, -0.1) is 0 Å². The van der Waals surface area contributed by atoms with Crippen LogP contribution in [0.25, 0.3) is 0 Å². The van der Waals surface area contributed by atoms with E-state index in [1.54, 1.807) is 7.11 Å². The van der Waals surface area contributed by atoms with Gasteiger partial charge in [0.2, 0.25) is 0 Å². The van der Waals surface area contributed by atoms with Gasteiger partial charge < -0.3 is 10.5 Å². The van der Waals surface area contributed by atoms with Crippen LogP contribution in [-0.2, 0) is 6.42 Å². The number of likely N-dealkylation sites (tertiary alicyclic amines) is 1. The Morgan fingerprint density at radius 2 is 2.06 bits per heavy atom. The molecule has 1 aliphatic heterocycles. The van der Waals surface area contributed by atoms with Crippen LogP contribution in [0.1, 0.15) is 18.9 Å². The molecule has 1 aliphatic rings. The molecule has 100 valence electrons. The molecule has 0 aromatic heterocycles. The zero-order valence-electron chi connectivity index (χ0n) is 11.4. The van der Waals surface area contributed by atoms with E-state index in [0.717, 1.165) is 31.2 Å². The molecule has 1 aromatic carbocycles. The Balaban J connectivity index is 1.87. The SMILES string of the molecule is COc1ccc(CCN2CCC(C)C2CN)cc1. The minimum Gasteiger partial charge on any atom is -0.497 e. The third-order valence-electron chi connectivity index (χ3n) is 4.09. The lowest BCUT2D eigenvalue weighted by Crippen LogP contribution is -2.39. The standard InChI is InChI=1S/C15H24N2O/c1-12-7-9-17(15(12)11-16)10-8-13-3-5-14(18-2)6-4-13/h3-6,12,15H,7-11,16H2,1-2H3. The molecule has 2 unspecified atom stereocenters. The Kier molecular flexibility index (Phi) is 4.61. The van der Waals surface area contributed by atoms with Gasteiger partial charge in [0.1, 0.15) is 5.75 Å². The van der Waals surface area contributed by atoms with Crippen LogP contribution in [0, 0.1) is 5.92 Å². The molecule has 2 rings (SSSR count). The first kappa shape index (κ1) is 13.4. The predicted molar refractivity (Wildman–Crippen MR) is 74.9 cm³/mol. The maximum absolute atomic E-state index is 5.86. The van der Waals surface area contributed by atoms with E-state index in [1.807, 2.05) is 12.1 Å². The van der Waals surface area contributed by atoms with Crippen molar-refractivity contribution in [2.24, 2.45) is 11.7 Å². The summed E-state index contributed by atoms with van der Waals surface area (Å²) in [7, 11) is 1.70. The van der Waals surface area contributed by atoms with Gasteiger partial charge in [-0.05, 0) is 43.0 Å². The summed E-state index contributed by atoms with van der Waals surface area (Å²) in [5.74, 6) is 1.67. The van der Waals surface area contributed by atoms with E-state index >= 15 is 0 Å². The van der Waals surface area contributed by atoms with Crippen molar-refractivity contribution in [1.82, 2.24) is 4.90 Å². The molecule has 0 aliphatic carbocycles. The molecule has 0 saturated carbocycles. The summed E-state index contributed by atoms with van der Waals surface area (Å²) in [6.45, 7) is 5.40. The van der Waals surface area contributed by atoms with Crippen LogP contribution in [0.2, 0.25) is 0 Å². The number of benzene rings is 1. The first-order valence-corrected chi connectivity index (χ1v) is 6.81. The van der Waals surface area contributed by atoms with Crippen molar-refractivity contribution < 1.29 is 4.74 Å². The van der Waals surface area contributed by atoms with E-state index < -0.39 is 0 Å². The highest BCUT2D eigenvalue weighted by Crippen LogP contribution is 2.23. The fraction of sp³-hybridized carbons (Fsp3) is 0.600. The van der Waals surface area contributed by atoms with Crippen LogP contribution in [0.3, 0.4) is 0 Å². The van der Waals surface area contributed by atoms with Crippen LogP contribution in [0.5, 0.6) is 5.75 Å².